The van der Waals surface area contributed by atoms with Crippen LogP contribution in [0.15, 0.2) is 54.6 Å². The maximum absolute atomic E-state index is 12.3. The first-order valence-corrected chi connectivity index (χ1v) is 7.29. The molecule has 0 saturated heterocycles. The second-order valence-corrected chi connectivity index (χ2v) is 5.35. The van der Waals surface area contributed by atoms with Gasteiger partial charge in [-0.1, -0.05) is 23.7 Å². The van der Waals surface area contributed by atoms with Crippen LogP contribution in [0, 0.1) is 0 Å². The zero-order valence-corrected chi connectivity index (χ0v) is 13.0. The molecule has 0 aliphatic carbocycles. The van der Waals surface area contributed by atoms with E-state index in [4.69, 9.17) is 16.3 Å². The summed E-state index contributed by atoms with van der Waals surface area (Å²) in [5.41, 5.74) is 0.345. The van der Waals surface area contributed by atoms with Crippen molar-refractivity contribution in [1.82, 2.24) is 0 Å². The van der Waals surface area contributed by atoms with E-state index >= 15 is 0 Å². The van der Waals surface area contributed by atoms with Crippen LogP contribution in [0.25, 0.3) is 10.8 Å². The SMILES string of the molecule is O=COc1ccc(OC(=O)c2ccc3cc(O)ccc3c2)c(Cl)c1. The molecule has 0 fully saturated rings. The van der Waals surface area contributed by atoms with Crippen LogP contribution in [0.4, 0.5) is 0 Å². The molecule has 120 valence electrons. The van der Waals surface area contributed by atoms with Crippen LogP contribution in [0.3, 0.4) is 0 Å². The lowest BCUT2D eigenvalue weighted by molar-refractivity contribution is -0.120. The van der Waals surface area contributed by atoms with Gasteiger partial charge < -0.3 is 14.6 Å². The number of rotatable bonds is 4. The fourth-order valence-corrected chi connectivity index (χ4v) is 2.42. The lowest BCUT2D eigenvalue weighted by Crippen LogP contribution is -2.08. The van der Waals surface area contributed by atoms with Crippen LogP contribution in [0.2, 0.25) is 5.02 Å². The van der Waals surface area contributed by atoms with Gasteiger partial charge >= 0.3 is 5.97 Å². The maximum atomic E-state index is 12.3. The summed E-state index contributed by atoms with van der Waals surface area (Å²) in [6, 6.07) is 14.1. The molecule has 0 heterocycles. The van der Waals surface area contributed by atoms with Gasteiger partial charge in [-0.3, -0.25) is 4.79 Å². The highest BCUT2D eigenvalue weighted by Gasteiger charge is 2.12. The van der Waals surface area contributed by atoms with Crippen molar-refractivity contribution in [1.29, 1.82) is 0 Å². The molecule has 3 aromatic carbocycles. The highest BCUT2D eigenvalue weighted by molar-refractivity contribution is 6.32. The molecule has 0 aliphatic rings. The molecule has 6 heteroatoms. The number of benzene rings is 3. The van der Waals surface area contributed by atoms with E-state index in [2.05, 4.69) is 4.74 Å². The molecule has 0 unspecified atom stereocenters. The molecule has 0 aliphatic heterocycles. The van der Waals surface area contributed by atoms with Gasteiger partial charge in [-0.25, -0.2) is 4.79 Å². The zero-order chi connectivity index (χ0) is 17.1. The Kier molecular flexibility index (Phi) is 4.35. The van der Waals surface area contributed by atoms with Crippen LogP contribution in [-0.4, -0.2) is 17.5 Å². The molecule has 3 aromatic rings. The van der Waals surface area contributed by atoms with Crippen molar-refractivity contribution in [2.45, 2.75) is 0 Å². The number of ether oxygens (including phenoxy) is 2. The Balaban J connectivity index is 1.84. The van der Waals surface area contributed by atoms with Crippen molar-refractivity contribution in [2.75, 3.05) is 0 Å². The van der Waals surface area contributed by atoms with E-state index in [1.165, 1.54) is 18.2 Å². The van der Waals surface area contributed by atoms with E-state index in [9.17, 15) is 14.7 Å². The van der Waals surface area contributed by atoms with Crippen LogP contribution >= 0.6 is 11.6 Å². The molecule has 0 bridgehead atoms. The van der Waals surface area contributed by atoms with E-state index in [0.717, 1.165) is 10.8 Å². The van der Waals surface area contributed by atoms with Crippen LogP contribution in [-0.2, 0) is 4.79 Å². The Labute approximate surface area is 142 Å². The van der Waals surface area contributed by atoms with Gasteiger partial charge in [-0.15, -0.1) is 0 Å². The number of esters is 1. The predicted molar refractivity (Wildman–Crippen MR) is 88.7 cm³/mol. The van der Waals surface area contributed by atoms with E-state index in [0.29, 0.717) is 5.56 Å². The number of hydrogen-bond donors (Lipinski definition) is 1. The first kappa shape index (κ1) is 15.8. The molecule has 0 saturated carbocycles. The number of halogens is 1. The molecule has 1 N–H and O–H groups in total. The third-order valence-electron chi connectivity index (χ3n) is 3.35. The van der Waals surface area contributed by atoms with Crippen LogP contribution in [0.1, 0.15) is 10.4 Å². The average Bonchev–Trinajstić information content (AvgIpc) is 2.57. The number of phenolic OH excluding ortho intramolecular Hbond substituents is 1. The summed E-state index contributed by atoms with van der Waals surface area (Å²) in [6.45, 7) is 0.282. The summed E-state index contributed by atoms with van der Waals surface area (Å²) in [5, 5.41) is 11.2. The number of hydrogen-bond acceptors (Lipinski definition) is 5. The molecule has 0 radical (unpaired) electrons. The number of fused-ring (bicyclic) bond motifs is 1. The third kappa shape index (κ3) is 3.31. The predicted octanol–water partition coefficient (Wildman–Crippen LogP) is 3.95. The molecule has 3 rings (SSSR count). The van der Waals surface area contributed by atoms with Crippen molar-refractivity contribution >= 4 is 34.8 Å². The van der Waals surface area contributed by atoms with Gasteiger partial charge in [0, 0.05) is 6.07 Å². The molecule has 5 nitrogen and oxygen atoms in total. The van der Waals surface area contributed by atoms with Gasteiger partial charge in [0.15, 0.2) is 0 Å². The van der Waals surface area contributed by atoms with Gasteiger partial charge in [-0.2, -0.15) is 0 Å². The van der Waals surface area contributed by atoms with Gasteiger partial charge in [-0.05, 0) is 47.2 Å². The first-order valence-electron chi connectivity index (χ1n) is 6.91. The molecule has 0 spiro atoms. The molecule has 0 aromatic heterocycles. The van der Waals surface area contributed by atoms with E-state index in [1.54, 1.807) is 36.4 Å². The molecular weight excluding hydrogens is 332 g/mol. The fourth-order valence-electron chi connectivity index (χ4n) is 2.21. The van der Waals surface area contributed by atoms with E-state index in [1.807, 2.05) is 0 Å². The summed E-state index contributed by atoms with van der Waals surface area (Å²) in [6.07, 6.45) is 0. The Hall–Kier alpha value is -3.05. The number of carbonyl (C=O) groups is 2. The zero-order valence-electron chi connectivity index (χ0n) is 12.2. The van der Waals surface area contributed by atoms with Crippen molar-refractivity contribution in [3.8, 4) is 17.2 Å². The first-order chi connectivity index (χ1) is 11.6. The number of carbonyl (C=O) groups excluding carboxylic acids is 2. The third-order valence-corrected chi connectivity index (χ3v) is 3.65. The topological polar surface area (TPSA) is 72.8 Å². The van der Waals surface area contributed by atoms with E-state index < -0.39 is 5.97 Å². The number of phenols is 1. The highest BCUT2D eigenvalue weighted by Crippen LogP contribution is 2.29. The summed E-state index contributed by atoms with van der Waals surface area (Å²) in [5.74, 6) is -0.01000. The summed E-state index contributed by atoms with van der Waals surface area (Å²) >= 11 is 6.01. The van der Waals surface area contributed by atoms with Gasteiger partial charge in [0.2, 0.25) is 0 Å². The maximum Gasteiger partial charge on any atom is 0.343 e. The summed E-state index contributed by atoms with van der Waals surface area (Å²) in [4.78, 5) is 22.6. The van der Waals surface area contributed by atoms with Crippen molar-refractivity contribution in [3.63, 3.8) is 0 Å². The fraction of sp³-hybridized carbons (Fsp3) is 0. The summed E-state index contributed by atoms with van der Waals surface area (Å²) < 4.78 is 9.94. The second-order valence-electron chi connectivity index (χ2n) is 4.94. The quantitative estimate of drug-likeness (QED) is 0.441. The minimum atomic E-state index is -0.573. The minimum Gasteiger partial charge on any atom is -0.508 e. The van der Waals surface area contributed by atoms with Crippen molar-refractivity contribution in [3.05, 3.63) is 65.2 Å². The lowest BCUT2D eigenvalue weighted by Gasteiger charge is -2.08. The van der Waals surface area contributed by atoms with Crippen LogP contribution in [0.5, 0.6) is 17.2 Å². The molecule has 24 heavy (non-hydrogen) atoms. The van der Waals surface area contributed by atoms with Crippen LogP contribution < -0.4 is 9.47 Å². The van der Waals surface area contributed by atoms with E-state index in [-0.39, 0.29) is 28.7 Å². The average molecular weight is 343 g/mol. The van der Waals surface area contributed by atoms with Gasteiger partial charge in [0.25, 0.3) is 6.47 Å². The lowest BCUT2D eigenvalue weighted by atomic mass is 10.1. The standard InChI is InChI=1S/C18H11ClO5/c19-16-9-15(23-10-20)5-6-17(16)24-18(22)13-2-1-12-8-14(21)4-3-11(12)7-13/h1-10,21H. The Bertz CT molecular complexity index is 936. The Morgan fingerprint density at radius 3 is 2.50 bits per heavy atom. The molecule has 0 atom stereocenters. The van der Waals surface area contributed by atoms with Crippen molar-refractivity contribution in [2.24, 2.45) is 0 Å². The molecule has 0 amide bonds. The van der Waals surface area contributed by atoms with Gasteiger partial charge in [0.05, 0.1) is 10.6 Å². The molecular formula is C18H11ClO5. The Morgan fingerprint density at radius 2 is 1.75 bits per heavy atom. The summed E-state index contributed by atoms with van der Waals surface area (Å²) in [7, 11) is 0. The smallest absolute Gasteiger partial charge is 0.343 e. The highest BCUT2D eigenvalue weighted by atomic mass is 35.5. The minimum absolute atomic E-state index is 0.147. The number of aromatic hydroxyl groups is 1. The second kappa shape index (κ2) is 6.60. The van der Waals surface area contributed by atoms with Crippen molar-refractivity contribution < 1.29 is 24.2 Å². The normalized spacial score (nSPS) is 10.4. The Morgan fingerprint density at radius 1 is 1.00 bits per heavy atom. The largest absolute Gasteiger partial charge is 0.508 e. The van der Waals surface area contributed by atoms with Gasteiger partial charge in [0.1, 0.15) is 17.2 Å². The monoisotopic (exact) mass is 342 g/mol.